The number of aliphatic hydroxyl groups is 1. The Kier molecular flexibility index (Phi) is 5.05. The molecule has 6 heteroatoms. The van der Waals surface area contributed by atoms with Crippen molar-refractivity contribution >= 4 is 5.91 Å². The van der Waals surface area contributed by atoms with Gasteiger partial charge >= 0.3 is 0 Å². The average molecular weight is 292 g/mol. The second-order valence-electron chi connectivity index (χ2n) is 4.91. The summed E-state index contributed by atoms with van der Waals surface area (Å²) in [5.74, 6) is -0.0861. The topological polar surface area (TPSA) is 75.4 Å². The van der Waals surface area contributed by atoms with Crippen LogP contribution in [0.15, 0.2) is 34.9 Å². The van der Waals surface area contributed by atoms with Gasteiger partial charge in [-0.15, -0.1) is 0 Å². The first-order chi connectivity index (χ1) is 10.1. The van der Waals surface area contributed by atoms with Gasteiger partial charge in [0.2, 0.25) is 0 Å². The second-order valence-corrected chi connectivity index (χ2v) is 4.91. The summed E-state index contributed by atoms with van der Waals surface area (Å²) in [4.78, 5) is 11.9. The van der Waals surface area contributed by atoms with E-state index in [1.165, 1.54) is 18.2 Å². The van der Waals surface area contributed by atoms with Crippen molar-refractivity contribution in [3.8, 4) is 11.3 Å². The molecule has 0 spiro atoms. The van der Waals surface area contributed by atoms with Crippen LogP contribution in [-0.2, 0) is 0 Å². The number of carbonyl (C=O) groups excluding carboxylic acids is 1. The number of nitrogens with zero attached hydrogens (tertiary/aromatic N) is 1. The molecule has 2 N–H and O–H groups in total. The molecule has 0 bridgehead atoms. The van der Waals surface area contributed by atoms with Crippen LogP contribution < -0.4 is 5.32 Å². The molecular weight excluding hydrogens is 275 g/mol. The lowest BCUT2D eigenvalue weighted by Crippen LogP contribution is -2.28. The van der Waals surface area contributed by atoms with E-state index in [4.69, 9.17) is 9.63 Å². The van der Waals surface area contributed by atoms with Crippen molar-refractivity contribution in [2.75, 3.05) is 13.2 Å². The average Bonchev–Trinajstić information content (AvgIpc) is 2.96. The van der Waals surface area contributed by atoms with E-state index in [2.05, 4.69) is 10.5 Å². The summed E-state index contributed by atoms with van der Waals surface area (Å²) in [5, 5.41) is 15.2. The first-order valence-electron chi connectivity index (χ1n) is 6.72. The number of aromatic nitrogens is 1. The summed E-state index contributed by atoms with van der Waals surface area (Å²) in [7, 11) is 0. The van der Waals surface area contributed by atoms with Crippen LogP contribution in [0, 0.1) is 11.7 Å². The summed E-state index contributed by atoms with van der Waals surface area (Å²) in [5.41, 5.74) is 0.821. The highest BCUT2D eigenvalue weighted by Crippen LogP contribution is 2.20. The smallest absolute Gasteiger partial charge is 0.273 e. The third-order valence-electron chi connectivity index (χ3n) is 3.10. The Labute approximate surface area is 121 Å². The molecular formula is C15H17FN2O3. The minimum Gasteiger partial charge on any atom is -0.396 e. The van der Waals surface area contributed by atoms with Gasteiger partial charge in [-0.1, -0.05) is 12.1 Å². The quantitative estimate of drug-likeness (QED) is 0.856. The lowest BCUT2D eigenvalue weighted by atomic mass is 10.1. The van der Waals surface area contributed by atoms with E-state index in [9.17, 15) is 9.18 Å². The summed E-state index contributed by atoms with van der Waals surface area (Å²) in [6.07, 6.45) is 0.625. The molecule has 0 aliphatic heterocycles. The number of amides is 1. The minimum absolute atomic E-state index is 0.0930. The Morgan fingerprint density at radius 1 is 1.43 bits per heavy atom. The first kappa shape index (κ1) is 15.2. The fraction of sp³-hybridized carbons (Fsp3) is 0.333. The molecule has 1 aromatic carbocycles. The van der Waals surface area contributed by atoms with Crippen LogP contribution in [0.1, 0.15) is 23.8 Å². The number of aliphatic hydroxyl groups excluding tert-OH is 1. The molecule has 1 amide bonds. The molecule has 2 rings (SSSR count). The Morgan fingerprint density at radius 2 is 2.14 bits per heavy atom. The van der Waals surface area contributed by atoms with Crippen molar-refractivity contribution in [3.63, 3.8) is 0 Å². The number of hydrogen-bond acceptors (Lipinski definition) is 4. The van der Waals surface area contributed by atoms with Crippen molar-refractivity contribution < 1.29 is 18.8 Å². The van der Waals surface area contributed by atoms with Crippen LogP contribution in [-0.4, -0.2) is 29.3 Å². The molecule has 0 aliphatic carbocycles. The zero-order valence-electron chi connectivity index (χ0n) is 11.7. The largest absolute Gasteiger partial charge is 0.396 e. The maximum Gasteiger partial charge on any atom is 0.273 e. The van der Waals surface area contributed by atoms with E-state index in [1.54, 1.807) is 12.1 Å². The number of carbonyl (C=O) groups is 1. The zero-order valence-corrected chi connectivity index (χ0v) is 11.7. The van der Waals surface area contributed by atoms with E-state index in [-0.39, 0.29) is 29.9 Å². The Balaban J connectivity index is 1.99. The third-order valence-corrected chi connectivity index (χ3v) is 3.10. The summed E-state index contributed by atoms with van der Waals surface area (Å²) in [6, 6.07) is 7.25. The molecule has 21 heavy (non-hydrogen) atoms. The van der Waals surface area contributed by atoms with Gasteiger partial charge in [-0.2, -0.15) is 0 Å². The molecule has 0 aliphatic rings. The molecule has 112 valence electrons. The molecule has 1 atom stereocenters. The second kappa shape index (κ2) is 6.99. The Bertz CT molecular complexity index is 595. The van der Waals surface area contributed by atoms with Gasteiger partial charge in [0.25, 0.3) is 5.91 Å². The molecule has 1 aromatic heterocycles. The van der Waals surface area contributed by atoms with E-state index >= 15 is 0 Å². The Hall–Kier alpha value is -2.21. The standard InChI is InChI=1S/C15H17FN2O3/c1-10(6-7-19)9-17-15(20)13-8-14(21-18-13)11-2-4-12(16)5-3-11/h2-5,8,10,19H,6-7,9H2,1H3,(H,17,20). The van der Waals surface area contributed by atoms with Crippen molar-refractivity contribution in [3.05, 3.63) is 41.8 Å². The number of benzene rings is 1. The molecule has 1 unspecified atom stereocenters. The number of halogens is 1. The molecule has 5 nitrogen and oxygen atoms in total. The maximum atomic E-state index is 12.8. The van der Waals surface area contributed by atoms with Gasteiger partial charge in [-0.05, 0) is 36.6 Å². The van der Waals surface area contributed by atoms with Crippen LogP contribution in [0.3, 0.4) is 0 Å². The van der Waals surface area contributed by atoms with Crippen molar-refractivity contribution in [1.82, 2.24) is 10.5 Å². The molecule has 0 saturated heterocycles. The summed E-state index contributed by atoms with van der Waals surface area (Å²) in [6.45, 7) is 2.48. The fourth-order valence-electron chi connectivity index (χ4n) is 1.81. The fourth-order valence-corrected chi connectivity index (χ4v) is 1.81. The van der Waals surface area contributed by atoms with Gasteiger partial charge in [0, 0.05) is 24.8 Å². The van der Waals surface area contributed by atoms with Gasteiger partial charge in [0.15, 0.2) is 11.5 Å². The normalized spacial score (nSPS) is 12.1. The van der Waals surface area contributed by atoms with Crippen LogP contribution >= 0.6 is 0 Å². The Morgan fingerprint density at radius 3 is 2.81 bits per heavy atom. The molecule has 0 radical (unpaired) electrons. The van der Waals surface area contributed by atoms with Gasteiger partial charge in [-0.25, -0.2) is 4.39 Å². The van der Waals surface area contributed by atoms with Crippen molar-refractivity contribution in [2.24, 2.45) is 5.92 Å². The van der Waals surface area contributed by atoms with Crippen LogP contribution in [0.5, 0.6) is 0 Å². The number of hydrogen-bond donors (Lipinski definition) is 2. The minimum atomic E-state index is -0.339. The van der Waals surface area contributed by atoms with Crippen LogP contribution in [0.4, 0.5) is 4.39 Å². The van der Waals surface area contributed by atoms with Gasteiger partial charge in [0.1, 0.15) is 5.82 Å². The van der Waals surface area contributed by atoms with Gasteiger partial charge in [0.05, 0.1) is 0 Å². The van der Waals surface area contributed by atoms with E-state index in [0.29, 0.717) is 24.3 Å². The maximum absolute atomic E-state index is 12.8. The number of nitrogens with one attached hydrogen (secondary N) is 1. The van der Waals surface area contributed by atoms with Gasteiger partial charge in [-0.3, -0.25) is 4.79 Å². The molecule has 0 fully saturated rings. The molecule has 0 saturated carbocycles. The monoisotopic (exact) mass is 292 g/mol. The molecule has 2 aromatic rings. The van der Waals surface area contributed by atoms with E-state index < -0.39 is 0 Å². The van der Waals surface area contributed by atoms with E-state index in [1.807, 2.05) is 6.92 Å². The SMILES string of the molecule is CC(CCO)CNC(=O)c1cc(-c2ccc(F)cc2)on1. The molecule has 1 heterocycles. The lowest BCUT2D eigenvalue weighted by Gasteiger charge is -2.09. The number of rotatable bonds is 6. The summed E-state index contributed by atoms with van der Waals surface area (Å²) < 4.78 is 17.9. The lowest BCUT2D eigenvalue weighted by molar-refractivity contribution is 0.0936. The summed E-state index contributed by atoms with van der Waals surface area (Å²) >= 11 is 0. The highest BCUT2D eigenvalue weighted by atomic mass is 19.1. The van der Waals surface area contributed by atoms with E-state index in [0.717, 1.165) is 0 Å². The van der Waals surface area contributed by atoms with Crippen LogP contribution in [0.2, 0.25) is 0 Å². The predicted octanol–water partition coefficient (Wildman–Crippen LogP) is 2.23. The highest BCUT2D eigenvalue weighted by Gasteiger charge is 2.14. The van der Waals surface area contributed by atoms with Crippen molar-refractivity contribution in [2.45, 2.75) is 13.3 Å². The highest BCUT2D eigenvalue weighted by molar-refractivity contribution is 5.93. The third kappa shape index (κ3) is 4.13. The predicted molar refractivity (Wildman–Crippen MR) is 75.1 cm³/mol. The zero-order chi connectivity index (χ0) is 15.2. The first-order valence-corrected chi connectivity index (χ1v) is 6.72. The van der Waals surface area contributed by atoms with Gasteiger partial charge < -0.3 is 14.9 Å². The van der Waals surface area contributed by atoms with Crippen LogP contribution in [0.25, 0.3) is 11.3 Å². The van der Waals surface area contributed by atoms with Crippen molar-refractivity contribution in [1.29, 1.82) is 0 Å².